The lowest BCUT2D eigenvalue weighted by atomic mass is 9.90. The van der Waals surface area contributed by atoms with Gasteiger partial charge >= 0.3 is 0 Å². The van der Waals surface area contributed by atoms with Crippen LogP contribution in [0, 0.1) is 11.3 Å². The largest absolute Gasteiger partial charge is 0.497 e. The van der Waals surface area contributed by atoms with E-state index in [1.807, 2.05) is 24.3 Å². The van der Waals surface area contributed by atoms with Gasteiger partial charge in [0.15, 0.2) is 0 Å². The van der Waals surface area contributed by atoms with Gasteiger partial charge in [-0.1, -0.05) is 97.1 Å². The van der Waals surface area contributed by atoms with Crippen LogP contribution in [0.5, 0.6) is 11.5 Å². The zero-order chi connectivity index (χ0) is 44.8. The second-order valence-corrected chi connectivity index (χ2v) is 17.3. The molecular weight excluding hydrogens is 807 g/mol. The van der Waals surface area contributed by atoms with Gasteiger partial charge in [0.25, 0.3) is 0 Å². The molecule has 0 saturated heterocycles. The number of ether oxygens (including phenoxy) is 2. The maximum Gasteiger partial charge on any atom is 0.119 e. The van der Waals surface area contributed by atoms with Crippen molar-refractivity contribution in [3.63, 3.8) is 0 Å². The summed E-state index contributed by atoms with van der Waals surface area (Å²) in [6, 6.07) is 60.6. The van der Waals surface area contributed by atoms with E-state index in [4.69, 9.17) is 9.47 Å². The summed E-state index contributed by atoms with van der Waals surface area (Å²) in [5, 5.41) is 12.4. The van der Waals surface area contributed by atoms with Crippen molar-refractivity contribution < 1.29 is 9.47 Å². The lowest BCUT2D eigenvalue weighted by molar-refractivity contribution is 0.414. The molecule has 0 aliphatic heterocycles. The number of rotatable bonds is 12. The molecule has 0 heterocycles. The maximum absolute atomic E-state index is 10.4. The van der Waals surface area contributed by atoms with Crippen molar-refractivity contribution in [1.29, 1.82) is 5.26 Å². The third-order valence-corrected chi connectivity index (χ3v) is 13.3. The molecule has 0 N–H and O–H groups in total. The second-order valence-electron chi connectivity index (χ2n) is 17.3. The van der Waals surface area contributed by atoms with E-state index in [1.54, 1.807) is 14.2 Å². The Hall–Kier alpha value is -7.81. The van der Waals surface area contributed by atoms with E-state index in [9.17, 15) is 5.26 Å². The fourth-order valence-electron chi connectivity index (χ4n) is 9.84. The van der Waals surface area contributed by atoms with Crippen LogP contribution in [0.3, 0.4) is 0 Å². The second kappa shape index (κ2) is 19.1. The Bertz CT molecular complexity index is 3100. The van der Waals surface area contributed by atoms with Crippen molar-refractivity contribution in [2.75, 3.05) is 24.0 Å². The molecule has 0 bridgehead atoms. The summed E-state index contributed by atoms with van der Waals surface area (Å²) in [7, 11) is 3.41. The topological polar surface area (TPSA) is 48.7 Å². The molecule has 0 aromatic heterocycles. The monoisotopic (exact) mass is 859 g/mol. The van der Waals surface area contributed by atoms with Crippen molar-refractivity contribution in [3.8, 4) is 17.6 Å². The summed E-state index contributed by atoms with van der Waals surface area (Å²) < 4.78 is 11.0. The number of hydrogen-bond acceptors (Lipinski definition) is 5. The van der Waals surface area contributed by atoms with Crippen LogP contribution in [-0.2, 0) is 25.7 Å². The van der Waals surface area contributed by atoms with Crippen molar-refractivity contribution in [3.05, 3.63) is 214 Å². The average Bonchev–Trinajstić information content (AvgIpc) is 3.38. The molecule has 5 heteroatoms. The lowest BCUT2D eigenvalue weighted by Crippen LogP contribution is -2.15. The molecule has 0 spiro atoms. The van der Waals surface area contributed by atoms with Gasteiger partial charge < -0.3 is 19.3 Å². The minimum Gasteiger partial charge on any atom is -0.497 e. The Balaban J connectivity index is 0.874. The summed E-state index contributed by atoms with van der Waals surface area (Å²) in [5.74, 6) is 1.68. The minimum absolute atomic E-state index is 0.673. The first-order valence-corrected chi connectivity index (χ1v) is 23.2. The summed E-state index contributed by atoms with van der Waals surface area (Å²) >= 11 is 0. The first kappa shape index (κ1) is 42.2. The number of aryl methyl sites for hydroxylation is 2. The van der Waals surface area contributed by atoms with Gasteiger partial charge in [0.2, 0.25) is 0 Å². The zero-order valence-corrected chi connectivity index (χ0v) is 37.7. The van der Waals surface area contributed by atoms with Crippen molar-refractivity contribution in [2.24, 2.45) is 0 Å². The number of nitrogens with zero attached hydrogens (tertiary/aromatic N) is 3. The summed E-state index contributed by atoms with van der Waals surface area (Å²) in [6.45, 7) is 0. The molecule has 2 aliphatic rings. The van der Waals surface area contributed by atoms with Gasteiger partial charge in [0.05, 0.1) is 19.8 Å². The summed E-state index contributed by atoms with van der Waals surface area (Å²) in [4.78, 5) is 4.74. The Labute approximate surface area is 389 Å². The van der Waals surface area contributed by atoms with E-state index < -0.39 is 0 Å². The molecule has 8 aromatic rings. The molecule has 0 amide bonds. The summed E-state index contributed by atoms with van der Waals surface area (Å²) in [5.41, 5.74) is 17.5. The third-order valence-electron chi connectivity index (χ3n) is 13.3. The zero-order valence-electron chi connectivity index (χ0n) is 37.7. The van der Waals surface area contributed by atoms with Crippen LogP contribution in [0.15, 0.2) is 164 Å². The van der Waals surface area contributed by atoms with Gasteiger partial charge in [0.1, 0.15) is 17.6 Å². The fraction of sp³-hybridized carbons (Fsp3) is 0.164. The standard InChI is InChI=1S/C61H53N3O2/c1-65-54-36-32-52(33-37-54)63(60-15-7-11-46-9-3-5-13-57(46)60)50-28-20-43(21-29-50)17-18-45-24-40-56-49(41-45)27-26-48(59(56)42-62)25-19-44-22-30-51(31-23-44)64(53-34-38-55(66-2)39-35-53)61-16-8-12-47-10-4-6-14-58(47)61/h7-8,11-12,15-41H,3-6,9-10,13-14H2,1-2H3. The van der Waals surface area contributed by atoms with Crippen LogP contribution in [-0.4, -0.2) is 14.2 Å². The predicted molar refractivity (Wildman–Crippen MR) is 275 cm³/mol. The van der Waals surface area contributed by atoms with Crippen LogP contribution in [0.2, 0.25) is 0 Å². The molecule has 0 atom stereocenters. The highest BCUT2D eigenvalue weighted by atomic mass is 16.5. The van der Waals surface area contributed by atoms with Gasteiger partial charge in [-0.15, -0.1) is 0 Å². The van der Waals surface area contributed by atoms with Gasteiger partial charge in [-0.3, -0.25) is 0 Å². The van der Waals surface area contributed by atoms with Crippen LogP contribution in [0.25, 0.3) is 35.1 Å². The van der Waals surface area contributed by atoms with Gasteiger partial charge in [0, 0.05) is 39.5 Å². The SMILES string of the molecule is COc1ccc(N(c2ccc(C=Cc3ccc4c(C#N)c(C=Cc5ccc(N(c6ccc(OC)cc6)c6cccc7c6CCCC7)cc5)ccc4c3)cc2)c2cccc3c2CCCC3)cc1. The highest BCUT2D eigenvalue weighted by Crippen LogP contribution is 2.42. The van der Waals surface area contributed by atoms with E-state index in [2.05, 4.69) is 180 Å². The maximum atomic E-state index is 10.4. The Morgan fingerprint density at radius 1 is 0.455 bits per heavy atom. The van der Waals surface area contributed by atoms with Crippen molar-refractivity contribution >= 4 is 69.2 Å². The molecule has 0 fully saturated rings. The molecular formula is C61H53N3O2. The minimum atomic E-state index is 0.673. The highest BCUT2D eigenvalue weighted by Gasteiger charge is 2.22. The summed E-state index contributed by atoms with van der Waals surface area (Å²) in [6.07, 6.45) is 17.8. The van der Waals surface area contributed by atoms with Crippen LogP contribution >= 0.6 is 0 Å². The number of methoxy groups -OCH3 is 2. The third kappa shape index (κ3) is 8.71. The molecule has 66 heavy (non-hydrogen) atoms. The fourth-order valence-corrected chi connectivity index (χ4v) is 9.84. The van der Waals surface area contributed by atoms with Gasteiger partial charge in [-0.25, -0.2) is 0 Å². The van der Waals surface area contributed by atoms with Crippen LogP contribution < -0.4 is 19.3 Å². The molecule has 2 aliphatic carbocycles. The highest BCUT2D eigenvalue weighted by molar-refractivity contribution is 5.94. The van der Waals surface area contributed by atoms with Crippen LogP contribution in [0.1, 0.15) is 75.8 Å². The number of nitriles is 1. The molecule has 0 saturated carbocycles. The smallest absolute Gasteiger partial charge is 0.119 e. The Morgan fingerprint density at radius 2 is 0.894 bits per heavy atom. The Morgan fingerprint density at radius 3 is 1.38 bits per heavy atom. The lowest BCUT2D eigenvalue weighted by Gasteiger charge is -2.30. The molecule has 0 radical (unpaired) electrons. The normalized spacial score (nSPS) is 13.3. The molecule has 10 rings (SSSR count). The molecule has 8 aromatic carbocycles. The van der Waals surface area contributed by atoms with E-state index in [1.165, 1.54) is 59.3 Å². The quantitative estimate of drug-likeness (QED) is 0.115. The number of fused-ring (bicyclic) bond motifs is 3. The first-order valence-electron chi connectivity index (χ1n) is 23.2. The van der Waals surface area contributed by atoms with Crippen molar-refractivity contribution in [1.82, 2.24) is 0 Å². The van der Waals surface area contributed by atoms with E-state index in [0.717, 1.165) is 93.0 Å². The predicted octanol–water partition coefficient (Wildman–Crippen LogP) is 15.8. The Kier molecular flexibility index (Phi) is 12.2. The number of anilines is 6. The first-order chi connectivity index (χ1) is 32.6. The van der Waals surface area contributed by atoms with E-state index in [0.29, 0.717) is 5.56 Å². The van der Waals surface area contributed by atoms with Crippen molar-refractivity contribution in [2.45, 2.75) is 51.4 Å². The van der Waals surface area contributed by atoms with Gasteiger partial charge in [-0.2, -0.15) is 5.26 Å². The molecule has 5 nitrogen and oxygen atoms in total. The number of benzene rings is 8. The molecule has 324 valence electrons. The van der Waals surface area contributed by atoms with Gasteiger partial charge in [-0.05, 0) is 192 Å². The average molecular weight is 860 g/mol. The molecule has 0 unspecified atom stereocenters. The van der Waals surface area contributed by atoms with E-state index >= 15 is 0 Å². The number of hydrogen-bond donors (Lipinski definition) is 0. The van der Waals surface area contributed by atoms with E-state index in [-0.39, 0.29) is 0 Å². The van der Waals surface area contributed by atoms with Crippen LogP contribution in [0.4, 0.5) is 34.1 Å².